The van der Waals surface area contributed by atoms with Crippen LogP contribution >= 0.6 is 0 Å². The highest BCUT2D eigenvalue weighted by atomic mass is 32.2. The van der Waals surface area contributed by atoms with Gasteiger partial charge in [0.05, 0.1) is 6.61 Å². The lowest BCUT2D eigenvalue weighted by Crippen LogP contribution is -2.37. The Morgan fingerprint density at radius 2 is 2.00 bits per heavy atom. The first-order valence-corrected chi connectivity index (χ1v) is 9.57. The minimum atomic E-state index is -3.78. The van der Waals surface area contributed by atoms with E-state index in [2.05, 4.69) is 10.1 Å². The van der Waals surface area contributed by atoms with Crippen molar-refractivity contribution in [3.05, 3.63) is 6.33 Å². The molecule has 1 amide bonds. The summed E-state index contributed by atoms with van der Waals surface area (Å²) in [5.74, 6) is 0. The Morgan fingerprint density at radius 3 is 2.58 bits per heavy atom. The molecule has 0 aliphatic heterocycles. The first-order chi connectivity index (χ1) is 11.4. The predicted molar refractivity (Wildman–Crippen MR) is 89.3 cm³/mol. The number of likely N-dealkylation sites (N-methyl/N-ethyl adjacent to an activating group) is 1. The summed E-state index contributed by atoms with van der Waals surface area (Å²) in [6, 6.07) is -0.428. The third kappa shape index (κ3) is 5.25. The van der Waals surface area contributed by atoms with Crippen molar-refractivity contribution in [3.63, 3.8) is 0 Å². The molecule has 0 unspecified atom stereocenters. The van der Waals surface area contributed by atoms with Gasteiger partial charge in [0, 0.05) is 33.3 Å². The van der Waals surface area contributed by atoms with Crippen molar-refractivity contribution in [2.24, 2.45) is 0 Å². The second-order valence-corrected chi connectivity index (χ2v) is 7.15. The number of hydrogen-bond acceptors (Lipinski definition) is 6. The van der Waals surface area contributed by atoms with Crippen LogP contribution in [0, 0.1) is 0 Å². The predicted octanol–water partition coefficient (Wildman–Crippen LogP) is 1.03. The van der Waals surface area contributed by atoms with E-state index in [1.54, 1.807) is 0 Å². The number of ether oxygens (including phenoxy) is 1. The minimum Gasteiger partial charge on any atom is -0.380 e. The van der Waals surface area contributed by atoms with Crippen LogP contribution in [0.2, 0.25) is 0 Å². The number of hydrogen-bond donors (Lipinski definition) is 0. The lowest BCUT2D eigenvalue weighted by Gasteiger charge is -2.19. The molecule has 1 rings (SSSR count). The molecule has 1 aromatic heterocycles. The highest BCUT2D eigenvalue weighted by molar-refractivity contribution is 7.88. The van der Waals surface area contributed by atoms with E-state index in [1.807, 2.05) is 20.8 Å². The number of sulfonamides is 1. The van der Waals surface area contributed by atoms with Crippen LogP contribution in [0.25, 0.3) is 0 Å². The summed E-state index contributed by atoms with van der Waals surface area (Å²) in [4.78, 5) is 17.7. The van der Waals surface area contributed by atoms with Gasteiger partial charge in [-0.25, -0.2) is 18.2 Å². The van der Waals surface area contributed by atoms with E-state index in [0.717, 1.165) is 23.9 Å². The Balaban J connectivity index is 2.84. The maximum Gasteiger partial charge on any atom is 0.346 e. The standard InChI is InChI=1S/C14H27N5O4S/c1-5-8-9-17(4)24(21,22)13-15-12-19(16-13)14(20)18(6-2)10-11-23-7-3/h12H,5-11H2,1-4H3. The van der Waals surface area contributed by atoms with Crippen LogP contribution in [0.1, 0.15) is 33.6 Å². The first kappa shape index (κ1) is 20.5. The van der Waals surface area contributed by atoms with E-state index >= 15 is 0 Å². The molecule has 9 nitrogen and oxygen atoms in total. The monoisotopic (exact) mass is 361 g/mol. The maximum atomic E-state index is 12.4. The molecular weight excluding hydrogens is 334 g/mol. The summed E-state index contributed by atoms with van der Waals surface area (Å²) in [5.41, 5.74) is 0. The van der Waals surface area contributed by atoms with E-state index in [4.69, 9.17) is 4.74 Å². The average Bonchev–Trinajstić information content (AvgIpc) is 3.06. The molecule has 0 radical (unpaired) electrons. The molecular formula is C14H27N5O4S. The second kappa shape index (κ2) is 9.70. The van der Waals surface area contributed by atoms with Crippen LogP contribution in [-0.4, -0.2) is 78.3 Å². The highest BCUT2D eigenvalue weighted by Crippen LogP contribution is 2.10. The van der Waals surface area contributed by atoms with Crippen molar-refractivity contribution in [2.75, 3.05) is 39.9 Å². The molecule has 24 heavy (non-hydrogen) atoms. The van der Waals surface area contributed by atoms with Crippen molar-refractivity contribution < 1.29 is 17.9 Å². The van der Waals surface area contributed by atoms with E-state index in [9.17, 15) is 13.2 Å². The third-order valence-corrected chi connectivity index (χ3v) is 5.15. The molecule has 0 saturated carbocycles. The number of nitrogens with zero attached hydrogens (tertiary/aromatic N) is 5. The zero-order valence-electron chi connectivity index (χ0n) is 14.8. The van der Waals surface area contributed by atoms with E-state index in [1.165, 1.54) is 16.3 Å². The fourth-order valence-electron chi connectivity index (χ4n) is 1.95. The van der Waals surface area contributed by atoms with Gasteiger partial charge in [0.15, 0.2) is 0 Å². The van der Waals surface area contributed by atoms with Crippen LogP contribution in [0.15, 0.2) is 11.5 Å². The topological polar surface area (TPSA) is 97.6 Å². The fourth-order valence-corrected chi connectivity index (χ4v) is 2.97. The Labute approximate surface area is 143 Å². The van der Waals surface area contributed by atoms with Gasteiger partial charge in [-0.2, -0.15) is 8.99 Å². The largest absolute Gasteiger partial charge is 0.380 e. The summed E-state index contributed by atoms with van der Waals surface area (Å²) in [7, 11) is -2.30. The van der Waals surface area contributed by atoms with Crippen molar-refractivity contribution in [3.8, 4) is 0 Å². The minimum absolute atomic E-state index is 0.365. The SMILES string of the molecule is CCCCN(C)S(=O)(=O)c1ncn(C(=O)N(CC)CCOCC)n1. The molecule has 10 heteroatoms. The van der Waals surface area contributed by atoms with E-state index in [0.29, 0.717) is 32.8 Å². The number of carbonyl (C=O) groups excluding carboxylic acids is 1. The van der Waals surface area contributed by atoms with Crippen molar-refractivity contribution in [1.29, 1.82) is 0 Å². The molecule has 1 aromatic rings. The van der Waals surface area contributed by atoms with Crippen LogP contribution < -0.4 is 0 Å². The number of rotatable bonds is 10. The molecule has 138 valence electrons. The molecule has 0 spiro atoms. The van der Waals surface area contributed by atoms with Gasteiger partial charge < -0.3 is 9.64 Å². The normalized spacial score (nSPS) is 11.9. The first-order valence-electron chi connectivity index (χ1n) is 8.13. The van der Waals surface area contributed by atoms with Crippen molar-refractivity contribution in [2.45, 2.75) is 38.8 Å². The summed E-state index contributed by atoms with van der Waals surface area (Å²) in [6.45, 7) is 7.92. The molecule has 0 bridgehead atoms. The molecule has 0 N–H and O–H groups in total. The lowest BCUT2D eigenvalue weighted by molar-refractivity contribution is 0.120. The zero-order chi connectivity index (χ0) is 18.2. The smallest absolute Gasteiger partial charge is 0.346 e. The Bertz CT molecular complexity index is 616. The van der Waals surface area contributed by atoms with Crippen LogP contribution in [-0.2, 0) is 14.8 Å². The summed E-state index contributed by atoms with van der Waals surface area (Å²) >= 11 is 0. The Morgan fingerprint density at radius 1 is 1.29 bits per heavy atom. The van der Waals surface area contributed by atoms with Crippen LogP contribution in [0.4, 0.5) is 4.79 Å². The van der Waals surface area contributed by atoms with E-state index in [-0.39, 0.29) is 5.16 Å². The summed E-state index contributed by atoms with van der Waals surface area (Å²) in [5, 5.41) is 3.49. The van der Waals surface area contributed by atoms with Gasteiger partial charge in [-0.15, -0.1) is 5.10 Å². The third-order valence-electron chi connectivity index (χ3n) is 3.50. The van der Waals surface area contributed by atoms with Gasteiger partial charge in [-0.05, 0) is 20.3 Å². The second-order valence-electron chi connectivity index (χ2n) is 5.21. The highest BCUT2D eigenvalue weighted by Gasteiger charge is 2.26. The molecule has 0 aliphatic rings. The lowest BCUT2D eigenvalue weighted by atomic mass is 10.3. The van der Waals surface area contributed by atoms with Gasteiger partial charge >= 0.3 is 6.03 Å². The van der Waals surface area contributed by atoms with Gasteiger partial charge in [-0.3, -0.25) is 0 Å². The number of amides is 1. The molecule has 0 fully saturated rings. The van der Waals surface area contributed by atoms with Crippen molar-refractivity contribution in [1.82, 2.24) is 24.0 Å². The molecule has 0 aromatic carbocycles. The number of aromatic nitrogens is 3. The fraction of sp³-hybridized carbons (Fsp3) is 0.786. The molecule has 0 saturated heterocycles. The van der Waals surface area contributed by atoms with Gasteiger partial charge in [0.2, 0.25) is 0 Å². The van der Waals surface area contributed by atoms with E-state index < -0.39 is 16.1 Å². The average molecular weight is 361 g/mol. The number of unbranched alkanes of at least 4 members (excludes halogenated alkanes) is 1. The van der Waals surface area contributed by atoms with Crippen molar-refractivity contribution >= 4 is 16.1 Å². The Kier molecular flexibility index (Phi) is 8.29. The van der Waals surface area contributed by atoms with Crippen LogP contribution in [0.5, 0.6) is 0 Å². The number of carbonyl (C=O) groups is 1. The Hall–Kier alpha value is -1.52. The zero-order valence-corrected chi connectivity index (χ0v) is 15.6. The van der Waals surface area contributed by atoms with Gasteiger partial charge in [0.1, 0.15) is 6.33 Å². The summed E-state index contributed by atoms with van der Waals surface area (Å²) < 4.78 is 32.1. The van der Waals surface area contributed by atoms with Gasteiger partial charge in [-0.1, -0.05) is 13.3 Å². The molecule has 0 atom stereocenters. The quantitative estimate of drug-likeness (QED) is 0.577. The summed E-state index contributed by atoms with van der Waals surface area (Å²) in [6.07, 6.45) is 2.76. The maximum absolute atomic E-state index is 12.4. The van der Waals surface area contributed by atoms with Crippen LogP contribution in [0.3, 0.4) is 0 Å². The molecule has 0 aliphatic carbocycles. The molecule has 1 heterocycles. The van der Waals surface area contributed by atoms with Gasteiger partial charge in [0.25, 0.3) is 15.2 Å².